The number of carboxylic acids is 1. The lowest BCUT2D eigenvalue weighted by Crippen LogP contribution is -1.99. The van der Waals surface area contributed by atoms with E-state index in [9.17, 15) is 4.79 Å². The molecule has 0 saturated carbocycles. The molecule has 0 amide bonds. The number of rotatable bonds is 5. The Bertz CT molecular complexity index is 612. The molecule has 2 aromatic heterocycles. The molecular formula is C14H17N3O2. The average molecular weight is 259 g/mol. The SMILES string of the molecule is CCC(CC)c1nn2cccnc2c1/C=C/C(=O)O. The van der Waals surface area contributed by atoms with E-state index in [1.807, 2.05) is 6.20 Å². The van der Waals surface area contributed by atoms with Crippen LogP contribution in [-0.2, 0) is 4.79 Å². The summed E-state index contributed by atoms with van der Waals surface area (Å²) in [6.45, 7) is 4.21. The lowest BCUT2D eigenvalue weighted by atomic mass is 9.96. The summed E-state index contributed by atoms with van der Waals surface area (Å²) in [5.41, 5.74) is 2.42. The summed E-state index contributed by atoms with van der Waals surface area (Å²) >= 11 is 0. The van der Waals surface area contributed by atoms with Gasteiger partial charge < -0.3 is 5.11 Å². The van der Waals surface area contributed by atoms with Crippen LogP contribution in [0.4, 0.5) is 0 Å². The number of carboxylic acid groups (broad SMARTS) is 1. The van der Waals surface area contributed by atoms with Crippen LogP contribution in [0.15, 0.2) is 24.5 Å². The maximum Gasteiger partial charge on any atom is 0.328 e. The van der Waals surface area contributed by atoms with Gasteiger partial charge in [0.25, 0.3) is 0 Å². The highest BCUT2D eigenvalue weighted by atomic mass is 16.4. The Morgan fingerprint density at radius 1 is 1.47 bits per heavy atom. The normalized spacial score (nSPS) is 11.7. The predicted molar refractivity (Wildman–Crippen MR) is 73.0 cm³/mol. The summed E-state index contributed by atoms with van der Waals surface area (Å²) < 4.78 is 1.70. The van der Waals surface area contributed by atoms with Gasteiger partial charge in [0.2, 0.25) is 0 Å². The van der Waals surface area contributed by atoms with Crippen LogP contribution in [0.25, 0.3) is 11.7 Å². The van der Waals surface area contributed by atoms with Gasteiger partial charge in [-0.1, -0.05) is 13.8 Å². The Hall–Kier alpha value is -2.17. The van der Waals surface area contributed by atoms with Crippen molar-refractivity contribution in [1.82, 2.24) is 14.6 Å². The molecule has 0 aliphatic rings. The van der Waals surface area contributed by atoms with E-state index in [1.54, 1.807) is 22.9 Å². The lowest BCUT2D eigenvalue weighted by molar-refractivity contribution is -0.131. The molecule has 19 heavy (non-hydrogen) atoms. The van der Waals surface area contributed by atoms with Gasteiger partial charge in [-0.3, -0.25) is 0 Å². The second-order valence-electron chi connectivity index (χ2n) is 4.37. The first-order chi connectivity index (χ1) is 9.17. The van der Waals surface area contributed by atoms with Gasteiger partial charge >= 0.3 is 5.97 Å². The number of aromatic nitrogens is 3. The first-order valence-corrected chi connectivity index (χ1v) is 6.41. The van der Waals surface area contributed by atoms with E-state index in [-0.39, 0.29) is 0 Å². The first-order valence-electron chi connectivity index (χ1n) is 6.41. The molecule has 0 fully saturated rings. The minimum absolute atomic E-state index is 0.315. The number of fused-ring (bicyclic) bond motifs is 1. The van der Waals surface area contributed by atoms with Crippen molar-refractivity contribution in [2.45, 2.75) is 32.6 Å². The van der Waals surface area contributed by atoms with Crippen LogP contribution in [-0.4, -0.2) is 25.7 Å². The minimum Gasteiger partial charge on any atom is -0.478 e. The summed E-state index contributed by atoms with van der Waals surface area (Å²) in [4.78, 5) is 15.0. The van der Waals surface area contributed by atoms with E-state index in [1.165, 1.54) is 0 Å². The van der Waals surface area contributed by atoms with Gasteiger partial charge in [-0.25, -0.2) is 14.3 Å². The highest BCUT2D eigenvalue weighted by molar-refractivity contribution is 5.87. The molecule has 1 N–H and O–H groups in total. The molecule has 0 saturated heterocycles. The molecule has 2 rings (SSSR count). The third-order valence-electron chi connectivity index (χ3n) is 3.22. The van der Waals surface area contributed by atoms with Crippen molar-refractivity contribution in [1.29, 1.82) is 0 Å². The standard InChI is InChI=1S/C14H17N3O2/c1-3-10(4-2)13-11(6-7-12(18)19)14-15-8-5-9-17(14)16-13/h5-10H,3-4H2,1-2H3,(H,18,19)/b7-6+. The molecule has 0 spiro atoms. The number of aliphatic carboxylic acids is 1. The molecule has 0 aromatic carbocycles. The van der Waals surface area contributed by atoms with Crippen molar-refractivity contribution >= 4 is 17.7 Å². The molecule has 0 aliphatic heterocycles. The Morgan fingerprint density at radius 2 is 2.21 bits per heavy atom. The second-order valence-corrected chi connectivity index (χ2v) is 4.37. The molecule has 5 nitrogen and oxygen atoms in total. The second kappa shape index (κ2) is 5.65. The van der Waals surface area contributed by atoms with Gasteiger partial charge in [0, 0.05) is 30.0 Å². The van der Waals surface area contributed by atoms with Gasteiger partial charge in [-0.2, -0.15) is 5.10 Å². The van der Waals surface area contributed by atoms with Crippen LogP contribution in [0.2, 0.25) is 0 Å². The molecule has 2 aromatic rings. The van der Waals surface area contributed by atoms with Crippen molar-refractivity contribution in [2.75, 3.05) is 0 Å². The lowest BCUT2D eigenvalue weighted by Gasteiger charge is -2.09. The topological polar surface area (TPSA) is 67.5 Å². The Morgan fingerprint density at radius 3 is 2.84 bits per heavy atom. The maximum atomic E-state index is 10.7. The van der Waals surface area contributed by atoms with Crippen molar-refractivity contribution < 1.29 is 9.90 Å². The quantitative estimate of drug-likeness (QED) is 0.838. The van der Waals surface area contributed by atoms with Crippen LogP contribution >= 0.6 is 0 Å². The van der Waals surface area contributed by atoms with Gasteiger partial charge in [-0.05, 0) is 25.0 Å². The largest absolute Gasteiger partial charge is 0.478 e. The van der Waals surface area contributed by atoms with Gasteiger partial charge in [0.1, 0.15) is 0 Å². The fourth-order valence-corrected chi connectivity index (χ4v) is 2.21. The fourth-order valence-electron chi connectivity index (χ4n) is 2.21. The molecule has 5 heteroatoms. The van der Waals surface area contributed by atoms with E-state index >= 15 is 0 Å². The van der Waals surface area contributed by atoms with Gasteiger partial charge in [0.15, 0.2) is 5.65 Å². The van der Waals surface area contributed by atoms with Gasteiger partial charge in [-0.15, -0.1) is 0 Å². The smallest absolute Gasteiger partial charge is 0.328 e. The molecular weight excluding hydrogens is 242 g/mol. The number of carbonyl (C=O) groups is 1. The molecule has 0 bridgehead atoms. The number of hydrogen-bond donors (Lipinski definition) is 1. The molecule has 0 unspecified atom stereocenters. The van der Waals surface area contributed by atoms with Crippen molar-refractivity contribution in [3.8, 4) is 0 Å². The van der Waals surface area contributed by atoms with Crippen molar-refractivity contribution in [2.24, 2.45) is 0 Å². The Labute approximate surface area is 111 Å². The highest BCUT2D eigenvalue weighted by Crippen LogP contribution is 2.28. The van der Waals surface area contributed by atoms with E-state index in [4.69, 9.17) is 5.11 Å². The molecule has 0 radical (unpaired) electrons. The Balaban J connectivity index is 2.61. The first kappa shape index (κ1) is 13.3. The van der Waals surface area contributed by atoms with E-state index < -0.39 is 5.97 Å². The zero-order valence-electron chi connectivity index (χ0n) is 11.1. The summed E-state index contributed by atoms with van der Waals surface area (Å²) in [6.07, 6.45) is 8.17. The van der Waals surface area contributed by atoms with Gasteiger partial charge in [0.05, 0.1) is 5.69 Å². The van der Waals surface area contributed by atoms with E-state index in [0.29, 0.717) is 11.6 Å². The van der Waals surface area contributed by atoms with Crippen LogP contribution in [0.3, 0.4) is 0 Å². The number of hydrogen-bond acceptors (Lipinski definition) is 3. The average Bonchev–Trinajstić information content (AvgIpc) is 2.76. The maximum absolute atomic E-state index is 10.7. The molecule has 100 valence electrons. The third-order valence-corrected chi connectivity index (χ3v) is 3.22. The fraction of sp³-hybridized carbons (Fsp3) is 0.357. The summed E-state index contributed by atoms with van der Waals surface area (Å²) in [7, 11) is 0. The third kappa shape index (κ3) is 2.65. The van der Waals surface area contributed by atoms with Crippen LogP contribution in [0.5, 0.6) is 0 Å². The number of nitrogens with zero attached hydrogens (tertiary/aromatic N) is 3. The Kier molecular flexibility index (Phi) is 3.94. The summed E-state index contributed by atoms with van der Waals surface area (Å²) in [5, 5.41) is 13.3. The molecule has 0 aliphatic carbocycles. The van der Waals surface area contributed by atoms with Crippen LogP contribution in [0.1, 0.15) is 43.9 Å². The zero-order chi connectivity index (χ0) is 13.8. The molecule has 2 heterocycles. The van der Waals surface area contributed by atoms with Crippen LogP contribution < -0.4 is 0 Å². The monoisotopic (exact) mass is 259 g/mol. The van der Waals surface area contributed by atoms with Crippen molar-refractivity contribution in [3.05, 3.63) is 35.8 Å². The predicted octanol–water partition coefficient (Wildman–Crippen LogP) is 2.73. The van der Waals surface area contributed by atoms with E-state index in [0.717, 1.165) is 30.2 Å². The summed E-state index contributed by atoms with van der Waals surface area (Å²) in [5.74, 6) is -0.652. The zero-order valence-corrected chi connectivity index (χ0v) is 11.1. The minimum atomic E-state index is -0.967. The van der Waals surface area contributed by atoms with Crippen LogP contribution in [0, 0.1) is 0 Å². The highest BCUT2D eigenvalue weighted by Gasteiger charge is 2.18. The van der Waals surface area contributed by atoms with Crippen molar-refractivity contribution in [3.63, 3.8) is 0 Å². The van der Waals surface area contributed by atoms with E-state index in [2.05, 4.69) is 23.9 Å². The summed E-state index contributed by atoms with van der Waals surface area (Å²) in [6, 6.07) is 1.81. The molecule has 0 atom stereocenters.